The summed E-state index contributed by atoms with van der Waals surface area (Å²) in [5.74, 6) is 1.45. The Balaban J connectivity index is 1.63. The first-order chi connectivity index (χ1) is 11.6. The molecule has 6 heteroatoms. The van der Waals surface area contributed by atoms with Crippen molar-refractivity contribution in [2.45, 2.75) is 32.9 Å². The Morgan fingerprint density at radius 2 is 2.08 bits per heavy atom. The van der Waals surface area contributed by atoms with Gasteiger partial charge in [0.15, 0.2) is 0 Å². The lowest BCUT2D eigenvalue weighted by Gasteiger charge is -2.40. The summed E-state index contributed by atoms with van der Waals surface area (Å²) in [6, 6.07) is 6.65. The Hall–Kier alpha value is -1.79. The molecule has 1 fully saturated rings. The van der Waals surface area contributed by atoms with E-state index in [2.05, 4.69) is 40.8 Å². The first kappa shape index (κ1) is 17.0. The minimum absolute atomic E-state index is 0.269. The zero-order valence-corrected chi connectivity index (χ0v) is 14.6. The smallest absolute Gasteiger partial charge is 0.241 e. The van der Waals surface area contributed by atoms with Gasteiger partial charge in [0.1, 0.15) is 5.82 Å². The lowest BCUT2D eigenvalue weighted by molar-refractivity contribution is 0.0724. The SMILES string of the molecule is CCN1CCC(N(C)Cc2nc(-c3ccc(F)cc3)no2)C(C)C1. The molecule has 2 heterocycles. The van der Waals surface area contributed by atoms with Crippen molar-refractivity contribution < 1.29 is 8.91 Å². The summed E-state index contributed by atoms with van der Waals surface area (Å²) in [5.41, 5.74) is 0.763. The van der Waals surface area contributed by atoms with Crippen LogP contribution >= 0.6 is 0 Å². The van der Waals surface area contributed by atoms with E-state index < -0.39 is 0 Å². The average molecular weight is 332 g/mol. The van der Waals surface area contributed by atoms with Gasteiger partial charge in [0, 0.05) is 18.2 Å². The molecule has 1 saturated heterocycles. The second kappa shape index (κ2) is 7.40. The largest absolute Gasteiger partial charge is 0.338 e. The molecule has 1 aliphatic rings. The summed E-state index contributed by atoms with van der Waals surface area (Å²) in [5, 5.41) is 4.02. The number of piperidine rings is 1. The standard InChI is InChI=1S/C18H25FN4O/c1-4-23-10-9-16(13(2)11-23)22(3)12-17-20-18(21-24-17)14-5-7-15(19)8-6-14/h5-8,13,16H,4,9-12H2,1-3H3. The molecular formula is C18H25FN4O. The molecule has 3 rings (SSSR count). The molecule has 0 aliphatic carbocycles. The third-order valence-electron chi connectivity index (χ3n) is 4.91. The molecule has 24 heavy (non-hydrogen) atoms. The molecule has 1 aromatic carbocycles. The van der Waals surface area contributed by atoms with Crippen LogP contribution in [0.4, 0.5) is 4.39 Å². The molecule has 0 saturated carbocycles. The molecule has 0 bridgehead atoms. The molecule has 1 aliphatic heterocycles. The van der Waals surface area contributed by atoms with Crippen LogP contribution in [0.15, 0.2) is 28.8 Å². The van der Waals surface area contributed by atoms with Gasteiger partial charge in [-0.3, -0.25) is 4.90 Å². The third-order valence-corrected chi connectivity index (χ3v) is 4.91. The minimum Gasteiger partial charge on any atom is -0.338 e. The molecule has 2 aromatic rings. The summed E-state index contributed by atoms with van der Waals surface area (Å²) < 4.78 is 18.4. The Labute approximate surface area is 142 Å². The van der Waals surface area contributed by atoms with Crippen molar-refractivity contribution in [3.05, 3.63) is 36.0 Å². The number of halogens is 1. The highest BCUT2D eigenvalue weighted by Gasteiger charge is 2.29. The fraction of sp³-hybridized carbons (Fsp3) is 0.556. The van der Waals surface area contributed by atoms with Crippen LogP contribution in [-0.4, -0.2) is 52.7 Å². The Bertz CT molecular complexity index is 657. The van der Waals surface area contributed by atoms with E-state index in [9.17, 15) is 4.39 Å². The number of hydrogen-bond acceptors (Lipinski definition) is 5. The number of aromatic nitrogens is 2. The second-order valence-electron chi connectivity index (χ2n) is 6.66. The van der Waals surface area contributed by atoms with Crippen LogP contribution in [-0.2, 0) is 6.54 Å². The van der Waals surface area contributed by atoms with E-state index in [1.165, 1.54) is 12.1 Å². The van der Waals surface area contributed by atoms with E-state index >= 15 is 0 Å². The van der Waals surface area contributed by atoms with Crippen molar-refractivity contribution in [2.75, 3.05) is 26.7 Å². The fourth-order valence-corrected chi connectivity index (χ4v) is 3.53. The van der Waals surface area contributed by atoms with Crippen LogP contribution in [0.5, 0.6) is 0 Å². The quantitative estimate of drug-likeness (QED) is 0.842. The number of rotatable bonds is 5. The molecule has 1 aromatic heterocycles. The molecule has 5 nitrogen and oxygen atoms in total. The van der Waals surface area contributed by atoms with Gasteiger partial charge in [-0.25, -0.2) is 4.39 Å². The van der Waals surface area contributed by atoms with Crippen molar-refractivity contribution in [3.63, 3.8) is 0 Å². The summed E-state index contributed by atoms with van der Waals surface area (Å²) in [6.07, 6.45) is 1.16. The van der Waals surface area contributed by atoms with Crippen LogP contribution in [0.2, 0.25) is 0 Å². The normalized spacial score (nSPS) is 22.2. The van der Waals surface area contributed by atoms with Gasteiger partial charge in [-0.2, -0.15) is 4.98 Å². The highest BCUT2D eigenvalue weighted by atomic mass is 19.1. The maximum absolute atomic E-state index is 13.0. The summed E-state index contributed by atoms with van der Waals surface area (Å²) >= 11 is 0. The Kier molecular flexibility index (Phi) is 5.26. The lowest BCUT2D eigenvalue weighted by atomic mass is 9.92. The molecule has 0 amide bonds. The Morgan fingerprint density at radius 1 is 1.33 bits per heavy atom. The van der Waals surface area contributed by atoms with Crippen LogP contribution in [0.1, 0.15) is 26.2 Å². The van der Waals surface area contributed by atoms with E-state index in [4.69, 9.17) is 4.52 Å². The van der Waals surface area contributed by atoms with Crippen molar-refractivity contribution in [3.8, 4) is 11.4 Å². The number of hydrogen-bond donors (Lipinski definition) is 0. The molecule has 130 valence electrons. The zero-order chi connectivity index (χ0) is 17.1. The van der Waals surface area contributed by atoms with Gasteiger partial charge in [-0.05, 0) is 56.7 Å². The highest BCUT2D eigenvalue weighted by molar-refractivity contribution is 5.53. The average Bonchev–Trinajstić information content (AvgIpc) is 3.03. The first-order valence-corrected chi connectivity index (χ1v) is 8.58. The van der Waals surface area contributed by atoms with Gasteiger partial charge in [-0.1, -0.05) is 19.0 Å². The van der Waals surface area contributed by atoms with Gasteiger partial charge in [0.25, 0.3) is 0 Å². The molecule has 0 spiro atoms. The molecule has 2 unspecified atom stereocenters. The van der Waals surface area contributed by atoms with Crippen LogP contribution < -0.4 is 0 Å². The van der Waals surface area contributed by atoms with Gasteiger partial charge in [0.05, 0.1) is 6.54 Å². The van der Waals surface area contributed by atoms with E-state index in [0.717, 1.165) is 31.6 Å². The topological polar surface area (TPSA) is 45.4 Å². The van der Waals surface area contributed by atoms with E-state index in [0.29, 0.717) is 30.2 Å². The minimum atomic E-state index is -0.269. The van der Waals surface area contributed by atoms with Gasteiger partial charge in [-0.15, -0.1) is 0 Å². The molecular weight excluding hydrogens is 307 g/mol. The van der Waals surface area contributed by atoms with Crippen LogP contribution in [0.3, 0.4) is 0 Å². The maximum atomic E-state index is 13.0. The molecule has 2 atom stereocenters. The highest BCUT2D eigenvalue weighted by Crippen LogP contribution is 2.23. The van der Waals surface area contributed by atoms with Crippen molar-refractivity contribution in [1.29, 1.82) is 0 Å². The maximum Gasteiger partial charge on any atom is 0.241 e. The molecule has 0 N–H and O–H groups in total. The van der Waals surface area contributed by atoms with Gasteiger partial charge in [0.2, 0.25) is 11.7 Å². The zero-order valence-electron chi connectivity index (χ0n) is 14.6. The molecule has 0 radical (unpaired) electrons. The predicted molar refractivity (Wildman–Crippen MR) is 90.8 cm³/mol. The van der Waals surface area contributed by atoms with E-state index in [1.807, 2.05) is 0 Å². The van der Waals surface area contributed by atoms with Crippen LogP contribution in [0.25, 0.3) is 11.4 Å². The van der Waals surface area contributed by atoms with E-state index in [-0.39, 0.29) is 5.82 Å². The van der Waals surface area contributed by atoms with Gasteiger partial charge >= 0.3 is 0 Å². The predicted octanol–water partition coefficient (Wildman–Crippen LogP) is 3.04. The summed E-state index contributed by atoms with van der Waals surface area (Å²) in [4.78, 5) is 9.25. The summed E-state index contributed by atoms with van der Waals surface area (Å²) in [6.45, 7) is 8.55. The first-order valence-electron chi connectivity index (χ1n) is 8.58. The monoisotopic (exact) mass is 332 g/mol. The number of nitrogens with zero attached hydrogens (tertiary/aromatic N) is 4. The second-order valence-corrected chi connectivity index (χ2v) is 6.66. The van der Waals surface area contributed by atoms with Crippen molar-refractivity contribution >= 4 is 0 Å². The van der Waals surface area contributed by atoms with Gasteiger partial charge < -0.3 is 9.42 Å². The van der Waals surface area contributed by atoms with E-state index in [1.54, 1.807) is 12.1 Å². The fourth-order valence-electron chi connectivity index (χ4n) is 3.53. The lowest BCUT2D eigenvalue weighted by Crippen LogP contribution is -2.48. The third kappa shape index (κ3) is 3.82. The Morgan fingerprint density at radius 3 is 2.75 bits per heavy atom. The number of likely N-dealkylation sites (tertiary alicyclic amines) is 1. The summed E-state index contributed by atoms with van der Waals surface area (Å²) in [7, 11) is 2.12. The number of benzene rings is 1. The van der Waals surface area contributed by atoms with Crippen molar-refractivity contribution in [2.24, 2.45) is 5.92 Å². The van der Waals surface area contributed by atoms with Crippen molar-refractivity contribution in [1.82, 2.24) is 19.9 Å². The van der Waals surface area contributed by atoms with Crippen LogP contribution in [0, 0.1) is 11.7 Å².